The lowest BCUT2D eigenvalue weighted by molar-refractivity contribution is -0.121. The fourth-order valence-corrected chi connectivity index (χ4v) is 0.936. The standard InChI is InChI=1S/C10H21NO2.H2/c1-9(2)11-6-4-5-7-13-8-10(3)12;/h9,11H,4-8H2,1-3H3;1H. The average molecular weight is 189 g/mol. The normalized spacial score (nSPS) is 10.8. The second-order valence-corrected chi connectivity index (χ2v) is 3.57. The third-order valence-corrected chi connectivity index (χ3v) is 1.57. The number of rotatable bonds is 8. The van der Waals surface area contributed by atoms with Gasteiger partial charge in [0.25, 0.3) is 0 Å². The number of carbonyl (C=O) groups excluding carboxylic acids is 1. The largest absolute Gasteiger partial charge is 0.374 e. The summed E-state index contributed by atoms with van der Waals surface area (Å²) in [5.41, 5.74) is 0. The van der Waals surface area contributed by atoms with Crippen LogP contribution in [0.25, 0.3) is 0 Å². The van der Waals surface area contributed by atoms with Crippen molar-refractivity contribution in [2.75, 3.05) is 19.8 Å². The highest BCUT2D eigenvalue weighted by molar-refractivity contribution is 5.76. The van der Waals surface area contributed by atoms with Gasteiger partial charge in [-0.2, -0.15) is 0 Å². The average Bonchev–Trinajstić information content (AvgIpc) is 2.01. The summed E-state index contributed by atoms with van der Waals surface area (Å²) in [4.78, 5) is 10.5. The Kier molecular flexibility index (Phi) is 7.94. The van der Waals surface area contributed by atoms with E-state index in [9.17, 15) is 4.79 Å². The first-order valence-corrected chi connectivity index (χ1v) is 4.93. The van der Waals surface area contributed by atoms with Gasteiger partial charge < -0.3 is 10.1 Å². The first kappa shape index (κ1) is 12.6. The van der Waals surface area contributed by atoms with Crippen LogP contribution < -0.4 is 5.32 Å². The Morgan fingerprint density at radius 1 is 1.46 bits per heavy atom. The van der Waals surface area contributed by atoms with Gasteiger partial charge in [-0.1, -0.05) is 13.8 Å². The van der Waals surface area contributed by atoms with E-state index in [4.69, 9.17) is 4.74 Å². The minimum atomic E-state index is 0. The van der Waals surface area contributed by atoms with Crippen molar-refractivity contribution >= 4 is 5.78 Å². The molecule has 3 nitrogen and oxygen atoms in total. The Labute approximate surface area is 82.3 Å². The van der Waals surface area contributed by atoms with E-state index in [1.807, 2.05) is 0 Å². The summed E-state index contributed by atoms with van der Waals surface area (Å²) in [5.74, 6) is 0.0975. The predicted octanol–water partition coefficient (Wildman–Crippen LogP) is 1.62. The van der Waals surface area contributed by atoms with E-state index in [1.54, 1.807) is 6.92 Å². The Morgan fingerprint density at radius 3 is 2.69 bits per heavy atom. The van der Waals surface area contributed by atoms with Gasteiger partial charge in [0.1, 0.15) is 6.61 Å². The number of ether oxygens (including phenoxy) is 1. The van der Waals surface area contributed by atoms with Gasteiger partial charge in [-0.15, -0.1) is 0 Å². The highest BCUT2D eigenvalue weighted by atomic mass is 16.5. The van der Waals surface area contributed by atoms with Crippen LogP contribution in [-0.4, -0.2) is 31.6 Å². The molecule has 0 radical (unpaired) electrons. The maximum absolute atomic E-state index is 10.5. The maximum atomic E-state index is 10.5. The van der Waals surface area contributed by atoms with Crippen molar-refractivity contribution in [1.29, 1.82) is 0 Å². The summed E-state index contributed by atoms with van der Waals surface area (Å²) in [6.45, 7) is 7.79. The van der Waals surface area contributed by atoms with Crippen LogP contribution in [0.15, 0.2) is 0 Å². The summed E-state index contributed by atoms with van der Waals surface area (Å²) in [5, 5.41) is 3.32. The van der Waals surface area contributed by atoms with E-state index < -0.39 is 0 Å². The summed E-state index contributed by atoms with van der Waals surface area (Å²) in [6, 6.07) is 0.554. The molecule has 0 fully saturated rings. The number of hydrogen-bond donors (Lipinski definition) is 1. The topological polar surface area (TPSA) is 38.3 Å². The van der Waals surface area contributed by atoms with Crippen LogP contribution in [0.2, 0.25) is 0 Å². The van der Waals surface area contributed by atoms with Gasteiger partial charge in [0.2, 0.25) is 0 Å². The summed E-state index contributed by atoms with van der Waals surface area (Å²) in [6.07, 6.45) is 2.13. The van der Waals surface area contributed by atoms with Crippen molar-refractivity contribution in [1.82, 2.24) is 5.32 Å². The van der Waals surface area contributed by atoms with Crippen LogP contribution in [0.1, 0.15) is 35.0 Å². The molecule has 0 atom stereocenters. The first-order chi connectivity index (χ1) is 6.13. The Bertz CT molecular complexity index is 140. The molecule has 0 aromatic carbocycles. The fourth-order valence-electron chi connectivity index (χ4n) is 0.936. The first-order valence-electron chi connectivity index (χ1n) is 4.93. The Morgan fingerprint density at radius 2 is 2.15 bits per heavy atom. The quantitative estimate of drug-likeness (QED) is 0.590. The number of Topliss-reactive ketones (excluding diaryl/α,β-unsaturated/α-hetero) is 1. The molecule has 0 aromatic heterocycles. The monoisotopic (exact) mass is 189 g/mol. The zero-order chi connectivity index (χ0) is 10.1. The summed E-state index contributed by atoms with van der Waals surface area (Å²) < 4.78 is 5.12. The molecule has 1 N–H and O–H groups in total. The van der Waals surface area contributed by atoms with Crippen molar-refractivity contribution < 1.29 is 11.0 Å². The molecule has 0 aliphatic carbocycles. The molecule has 0 aliphatic heterocycles. The van der Waals surface area contributed by atoms with Gasteiger partial charge in [-0.3, -0.25) is 4.79 Å². The van der Waals surface area contributed by atoms with Gasteiger partial charge in [-0.05, 0) is 26.3 Å². The van der Waals surface area contributed by atoms with E-state index in [2.05, 4.69) is 19.2 Å². The van der Waals surface area contributed by atoms with Crippen LogP contribution >= 0.6 is 0 Å². The van der Waals surface area contributed by atoms with Crippen LogP contribution in [0.4, 0.5) is 0 Å². The number of carbonyl (C=O) groups is 1. The fraction of sp³-hybridized carbons (Fsp3) is 0.900. The van der Waals surface area contributed by atoms with E-state index >= 15 is 0 Å². The molecule has 0 amide bonds. The third-order valence-electron chi connectivity index (χ3n) is 1.57. The molecular formula is C10H23NO2. The van der Waals surface area contributed by atoms with Crippen LogP contribution in [0, 0.1) is 0 Å². The van der Waals surface area contributed by atoms with Crippen LogP contribution in [0.3, 0.4) is 0 Å². The lowest BCUT2D eigenvalue weighted by atomic mass is 10.3. The van der Waals surface area contributed by atoms with Gasteiger partial charge in [-0.25, -0.2) is 0 Å². The molecule has 0 aromatic rings. The molecule has 0 heterocycles. The van der Waals surface area contributed by atoms with Crippen molar-refractivity contribution in [3.63, 3.8) is 0 Å². The smallest absolute Gasteiger partial charge is 0.155 e. The van der Waals surface area contributed by atoms with Crippen molar-refractivity contribution in [2.24, 2.45) is 0 Å². The SMILES string of the molecule is CC(=O)COCCCCNC(C)C.[HH]. The third kappa shape index (κ3) is 11.6. The lowest BCUT2D eigenvalue weighted by Gasteiger charge is -2.07. The molecule has 0 saturated heterocycles. The maximum Gasteiger partial charge on any atom is 0.155 e. The van der Waals surface area contributed by atoms with E-state index in [0.29, 0.717) is 12.6 Å². The molecule has 0 aliphatic rings. The minimum Gasteiger partial charge on any atom is -0.374 e. The van der Waals surface area contributed by atoms with Gasteiger partial charge in [0.15, 0.2) is 5.78 Å². The van der Waals surface area contributed by atoms with Crippen molar-refractivity contribution in [3.05, 3.63) is 0 Å². The second-order valence-electron chi connectivity index (χ2n) is 3.57. The van der Waals surface area contributed by atoms with Crippen LogP contribution in [-0.2, 0) is 9.53 Å². The zero-order valence-corrected chi connectivity index (χ0v) is 8.93. The summed E-state index contributed by atoms with van der Waals surface area (Å²) >= 11 is 0. The van der Waals surface area contributed by atoms with Crippen molar-refractivity contribution in [3.8, 4) is 0 Å². The van der Waals surface area contributed by atoms with E-state index in [-0.39, 0.29) is 13.8 Å². The van der Waals surface area contributed by atoms with Crippen LogP contribution in [0.5, 0.6) is 0 Å². The van der Waals surface area contributed by atoms with Gasteiger partial charge >= 0.3 is 0 Å². The zero-order valence-electron chi connectivity index (χ0n) is 8.93. The molecule has 80 valence electrons. The number of unbranched alkanes of at least 4 members (excludes halogenated alkanes) is 1. The van der Waals surface area contributed by atoms with E-state index in [0.717, 1.165) is 19.4 Å². The van der Waals surface area contributed by atoms with Gasteiger partial charge in [0, 0.05) is 14.1 Å². The number of nitrogens with one attached hydrogen (secondary N) is 1. The Hall–Kier alpha value is -0.410. The molecule has 0 rings (SSSR count). The molecule has 3 heteroatoms. The highest BCUT2D eigenvalue weighted by Gasteiger charge is 1.94. The summed E-state index contributed by atoms with van der Waals surface area (Å²) in [7, 11) is 0. The second kappa shape index (κ2) is 8.20. The molecular weight excluding hydrogens is 166 g/mol. The van der Waals surface area contributed by atoms with E-state index in [1.165, 1.54) is 0 Å². The predicted molar refractivity (Wildman–Crippen MR) is 56.0 cm³/mol. The molecule has 0 spiro atoms. The molecule has 0 bridgehead atoms. The molecule has 0 unspecified atom stereocenters. The number of ketones is 1. The van der Waals surface area contributed by atoms with Gasteiger partial charge in [0.05, 0.1) is 0 Å². The highest BCUT2D eigenvalue weighted by Crippen LogP contribution is 1.89. The minimum absolute atomic E-state index is 0. The van der Waals surface area contributed by atoms with Crippen molar-refractivity contribution in [2.45, 2.75) is 39.7 Å². The Balaban J connectivity index is 0. The molecule has 0 saturated carbocycles. The molecule has 13 heavy (non-hydrogen) atoms. The number of hydrogen-bond acceptors (Lipinski definition) is 3. The lowest BCUT2D eigenvalue weighted by Crippen LogP contribution is -2.23.